The van der Waals surface area contributed by atoms with Crippen molar-refractivity contribution in [3.8, 4) is 0 Å². The Balaban J connectivity index is 0. The van der Waals surface area contributed by atoms with Gasteiger partial charge in [-0.1, -0.05) is 3.89 Å². The van der Waals surface area contributed by atoms with E-state index in [9.17, 15) is 12.3 Å². The van der Waals surface area contributed by atoms with Crippen LogP contribution < -0.4 is 4.72 Å². The molecule has 3 nitrogen and oxygen atoms in total. The first-order chi connectivity index (χ1) is 2.56. The van der Waals surface area contributed by atoms with Crippen LogP contribution >= 0.6 is 0 Å². The van der Waals surface area contributed by atoms with Crippen LogP contribution in [0.25, 0.3) is 0 Å². The summed E-state index contributed by atoms with van der Waals surface area (Å²) in [7, 11) is -3.42. The molecule has 0 bridgehead atoms. The largest absolute Gasteiger partial charge is 0.371 e. The van der Waals surface area contributed by atoms with Gasteiger partial charge in [0.15, 0.2) is 0 Å². The molecule has 0 aliphatic carbocycles. The molecule has 7 heavy (non-hydrogen) atoms. The van der Waals surface area contributed by atoms with Crippen LogP contribution in [0, 0.1) is 0 Å². The molecule has 0 heterocycles. The van der Waals surface area contributed by atoms with Crippen molar-refractivity contribution in [3.63, 3.8) is 0 Å². The van der Waals surface area contributed by atoms with Gasteiger partial charge in [0.25, 0.3) is 0 Å². The zero-order chi connectivity index (χ0) is 5.21. The van der Waals surface area contributed by atoms with E-state index in [0.29, 0.717) is 0 Å². The van der Waals surface area contributed by atoms with Crippen LogP contribution in [-0.4, -0.2) is 15.5 Å². The fourth-order valence-corrected chi connectivity index (χ4v) is 0. The molecule has 0 aliphatic heterocycles. The number of nitrogens with one attached hydrogen (secondary N) is 1. The Kier molecular flexibility index (Phi) is 2.77. The van der Waals surface area contributed by atoms with Crippen molar-refractivity contribution in [2.24, 2.45) is 0 Å². The van der Waals surface area contributed by atoms with E-state index in [0.717, 1.165) is 7.05 Å². The van der Waals surface area contributed by atoms with E-state index in [2.05, 4.69) is 0 Å². The van der Waals surface area contributed by atoms with Gasteiger partial charge in [0.1, 0.15) is 0 Å². The Hall–Kier alpha value is -1.16. The normalized spacial score (nSPS) is 10.0. The van der Waals surface area contributed by atoms with Crippen LogP contribution in [0.5, 0.6) is 0 Å². The Bertz CT molecular complexity index is 120. The maximum absolute atomic E-state index is 11.0. The Morgan fingerprint density at radius 2 is 1.71 bits per heavy atom. The zero-order valence-electron chi connectivity index (χ0n) is 3.81. The summed E-state index contributed by atoms with van der Waals surface area (Å²) in [6, 6.07) is 0. The first kappa shape index (κ1) is 9.28. The summed E-state index contributed by atoms with van der Waals surface area (Å²) >= 11 is 0. The van der Waals surface area contributed by atoms with Gasteiger partial charge in [0.05, 0.1) is 0 Å². The van der Waals surface area contributed by atoms with E-state index in [1.54, 1.807) is 0 Å². The molecule has 0 atom stereocenters. The molecular formula is CH4FNO2RfS. The van der Waals surface area contributed by atoms with Crippen LogP contribution in [-0.2, 0) is 10.4 Å². The molecule has 0 aromatic heterocycles. The van der Waals surface area contributed by atoms with Gasteiger partial charge in [-0.25, -0.2) is 0 Å². The quantitative estimate of drug-likeness (QED) is 0.619. The predicted octanol–water partition coefficient (Wildman–Crippen LogP) is -0.580. The van der Waals surface area contributed by atoms with Crippen LogP contribution in [0.2, 0.25) is 0 Å². The molecule has 1 N–H and O–H groups in total. The molecule has 0 aromatic rings. The third-order valence-electron chi connectivity index (χ3n) is 0.244. The fourth-order valence-electron chi connectivity index (χ4n) is 0. The Morgan fingerprint density at radius 3 is 1.71 bits per heavy atom. The van der Waals surface area contributed by atoms with Crippen molar-refractivity contribution >= 4 is 10.4 Å². The van der Waals surface area contributed by atoms with Gasteiger partial charge >= 0.3 is 10.4 Å². The molecule has 0 saturated heterocycles. The summed E-state index contributed by atoms with van der Waals surface area (Å²) in [5.41, 5.74) is 0. The monoisotopic (exact) mass is 380 g/mol. The summed E-state index contributed by atoms with van der Waals surface area (Å²) in [5.74, 6) is 0. The van der Waals surface area contributed by atoms with Crippen LogP contribution in [0.15, 0.2) is 0 Å². The van der Waals surface area contributed by atoms with Crippen LogP contribution in [0.3, 0.4) is 0 Å². The standard InChI is InChI=1S/CH4FNO2S.Rf/c1-3-6(2,4)5;/h3H,1H3;. The molecule has 0 unspecified atom stereocenters. The average Bonchev–Trinajstić information content (AvgIpc) is 1.35. The molecule has 0 fully saturated rings. The first-order valence-electron chi connectivity index (χ1n) is 1.19. The second-order valence-electron chi connectivity index (χ2n) is 0.642. The van der Waals surface area contributed by atoms with Crippen molar-refractivity contribution in [1.29, 1.82) is 0 Å². The molecule has 0 radical (unpaired) electrons. The summed E-state index contributed by atoms with van der Waals surface area (Å²) in [6.45, 7) is 0. The van der Waals surface area contributed by atoms with Crippen molar-refractivity contribution in [3.05, 3.63) is 0 Å². The Morgan fingerprint density at radius 1 is 1.57 bits per heavy atom. The smallest absolute Gasteiger partial charge is 0.191 e. The Labute approximate surface area is 35.5 Å². The number of halogens is 1. The third kappa shape index (κ3) is 11.5. The topological polar surface area (TPSA) is 46.2 Å². The molecule has 0 saturated carbocycles. The number of hydrogen-bond acceptors (Lipinski definition) is 2. The van der Waals surface area contributed by atoms with Crippen molar-refractivity contribution in [2.75, 3.05) is 7.05 Å². The molecule has 0 aromatic carbocycles. The molecule has 0 aliphatic rings. The molecule has 6 heteroatoms. The van der Waals surface area contributed by atoms with Crippen molar-refractivity contribution in [1.82, 2.24) is 4.72 Å². The van der Waals surface area contributed by atoms with Crippen LogP contribution in [0.1, 0.15) is 0 Å². The van der Waals surface area contributed by atoms with Gasteiger partial charge in [-0.2, -0.15) is 13.1 Å². The van der Waals surface area contributed by atoms with Gasteiger partial charge in [0.2, 0.25) is 0 Å². The molecule has 40 valence electrons. The van der Waals surface area contributed by atoms with Crippen LogP contribution in [0.4, 0.5) is 3.89 Å². The third-order valence-corrected chi connectivity index (χ3v) is 0.731. The van der Waals surface area contributed by atoms with Gasteiger partial charge in [-0.3, -0.25) is 0 Å². The summed E-state index contributed by atoms with van der Waals surface area (Å²) in [6.07, 6.45) is 0. The maximum Gasteiger partial charge on any atom is 0.371 e. The number of rotatable bonds is 1. The van der Waals surface area contributed by atoms with E-state index in [-0.39, 0.29) is 0 Å². The van der Waals surface area contributed by atoms with Gasteiger partial charge in [-0.05, 0) is 0 Å². The summed E-state index contributed by atoms with van der Waals surface area (Å²) < 4.78 is 30.8. The minimum absolute atomic E-state index is 0. The molecule has 0 rings (SSSR count). The summed E-state index contributed by atoms with van der Waals surface area (Å²) in [4.78, 5) is 0. The fraction of sp³-hybridized carbons (Fsp3) is 1.00. The maximum atomic E-state index is 11.0. The van der Waals surface area contributed by atoms with E-state index < -0.39 is 10.4 Å². The van der Waals surface area contributed by atoms with E-state index in [1.807, 2.05) is 0 Å². The minimum Gasteiger partial charge on any atom is -0.191 e. The van der Waals surface area contributed by atoms with E-state index >= 15 is 0 Å². The minimum atomic E-state index is -4.41. The first-order valence-corrected chi connectivity index (χ1v) is 2.58. The predicted molar refractivity (Wildman–Crippen MR) is 19.1 cm³/mol. The summed E-state index contributed by atoms with van der Waals surface area (Å²) in [5, 5.41) is 0. The average molecular weight is 380 g/mol. The van der Waals surface area contributed by atoms with E-state index in [1.165, 1.54) is 4.72 Å². The molecular weight excluding hydrogens is 376 g/mol. The van der Waals surface area contributed by atoms with Crippen molar-refractivity contribution < 1.29 is 12.3 Å². The van der Waals surface area contributed by atoms with Gasteiger partial charge in [0, 0.05) is 7.05 Å². The second kappa shape index (κ2) is 2.09. The second-order valence-corrected chi connectivity index (χ2v) is 1.93. The zero-order valence-corrected chi connectivity index (χ0v) is 11.0. The van der Waals surface area contributed by atoms with Gasteiger partial charge < -0.3 is 0 Å². The van der Waals surface area contributed by atoms with Gasteiger partial charge in [-0.15, -0.1) is 0 Å². The van der Waals surface area contributed by atoms with E-state index in [4.69, 9.17) is 0 Å². The van der Waals surface area contributed by atoms with Crippen molar-refractivity contribution in [2.45, 2.75) is 0 Å². The number of hydrogen-bond donors (Lipinski definition) is 1. The molecule has 0 amide bonds. The SMILES string of the molecule is CNS(=O)(=O)F.[Rf]. The molecule has 0 spiro atoms.